The zero-order valence-electron chi connectivity index (χ0n) is 12.1. The standard InChI is InChI=1S/C14H21FN2O2S2/c1-20-8-2-7-17-21(18,19)14-6-3-11(9-13(14)15)10-16-12-4-5-12/h3,6,9,12,16-17H,2,4-5,7-8,10H2,1H3. The van der Waals surface area contributed by atoms with Gasteiger partial charge in [0.05, 0.1) is 0 Å². The monoisotopic (exact) mass is 332 g/mol. The smallest absolute Gasteiger partial charge is 0.243 e. The minimum absolute atomic E-state index is 0.276. The Hall–Kier alpha value is -0.630. The molecule has 0 unspecified atom stereocenters. The van der Waals surface area contributed by atoms with Crippen molar-refractivity contribution in [2.24, 2.45) is 0 Å². The van der Waals surface area contributed by atoms with Gasteiger partial charge in [0.25, 0.3) is 0 Å². The largest absolute Gasteiger partial charge is 0.310 e. The molecular weight excluding hydrogens is 311 g/mol. The predicted molar refractivity (Wildman–Crippen MR) is 84.4 cm³/mol. The first-order chi connectivity index (χ1) is 10.0. The number of halogens is 1. The number of hydrogen-bond donors (Lipinski definition) is 2. The fourth-order valence-electron chi connectivity index (χ4n) is 1.92. The zero-order valence-corrected chi connectivity index (χ0v) is 13.7. The van der Waals surface area contributed by atoms with Crippen LogP contribution in [0.5, 0.6) is 0 Å². The number of benzene rings is 1. The zero-order chi connectivity index (χ0) is 15.3. The number of thioether (sulfide) groups is 1. The lowest BCUT2D eigenvalue weighted by Crippen LogP contribution is -2.26. The van der Waals surface area contributed by atoms with Gasteiger partial charge in [-0.3, -0.25) is 0 Å². The van der Waals surface area contributed by atoms with Crippen molar-refractivity contribution in [1.29, 1.82) is 0 Å². The topological polar surface area (TPSA) is 58.2 Å². The van der Waals surface area contributed by atoms with E-state index in [4.69, 9.17) is 0 Å². The maximum atomic E-state index is 14.0. The van der Waals surface area contributed by atoms with Gasteiger partial charge in [-0.15, -0.1) is 0 Å². The highest BCUT2D eigenvalue weighted by Gasteiger charge is 2.21. The molecule has 1 saturated carbocycles. The summed E-state index contributed by atoms with van der Waals surface area (Å²) in [4.78, 5) is -0.276. The van der Waals surface area contributed by atoms with Crippen LogP contribution in [0.1, 0.15) is 24.8 Å². The highest BCUT2D eigenvalue weighted by atomic mass is 32.2. The van der Waals surface area contributed by atoms with Crippen LogP contribution in [0, 0.1) is 5.82 Å². The summed E-state index contributed by atoms with van der Waals surface area (Å²) in [6.07, 6.45) is 5.01. The molecule has 0 heterocycles. The fraction of sp³-hybridized carbons (Fsp3) is 0.571. The number of hydrogen-bond acceptors (Lipinski definition) is 4. The van der Waals surface area contributed by atoms with Gasteiger partial charge >= 0.3 is 0 Å². The Morgan fingerprint density at radius 3 is 2.76 bits per heavy atom. The third-order valence-corrected chi connectivity index (χ3v) is 5.47. The van der Waals surface area contributed by atoms with E-state index in [0.29, 0.717) is 19.1 Å². The number of rotatable bonds is 9. The molecule has 0 aliphatic heterocycles. The molecule has 0 atom stereocenters. The second-order valence-corrected chi connectivity index (χ2v) is 7.89. The summed E-state index contributed by atoms with van der Waals surface area (Å²) in [5.41, 5.74) is 0.765. The highest BCUT2D eigenvalue weighted by molar-refractivity contribution is 7.98. The SMILES string of the molecule is CSCCCNS(=O)(=O)c1ccc(CNC2CC2)cc1F. The van der Waals surface area contributed by atoms with E-state index in [0.717, 1.165) is 30.6 Å². The van der Waals surface area contributed by atoms with Crippen LogP contribution in [0.2, 0.25) is 0 Å². The summed E-state index contributed by atoms with van der Waals surface area (Å²) >= 11 is 1.65. The molecule has 2 rings (SSSR count). The molecule has 118 valence electrons. The summed E-state index contributed by atoms with van der Waals surface area (Å²) in [6.45, 7) is 0.899. The van der Waals surface area contributed by atoms with Gasteiger partial charge < -0.3 is 5.32 Å². The molecule has 0 spiro atoms. The third kappa shape index (κ3) is 5.25. The van der Waals surface area contributed by atoms with Gasteiger partial charge in [-0.05, 0) is 49.0 Å². The predicted octanol–water partition coefficient (Wildman–Crippen LogP) is 2.11. The fourth-order valence-corrected chi connectivity index (χ4v) is 3.49. The summed E-state index contributed by atoms with van der Waals surface area (Å²) in [7, 11) is -3.76. The Morgan fingerprint density at radius 2 is 2.14 bits per heavy atom. The molecule has 7 heteroatoms. The molecular formula is C14H21FN2O2S2. The summed E-state index contributed by atoms with van der Waals surface area (Å²) in [5, 5.41) is 3.27. The summed E-state index contributed by atoms with van der Waals surface area (Å²) in [5.74, 6) is 0.180. The Bertz CT molecular complexity index is 574. The molecule has 21 heavy (non-hydrogen) atoms. The Morgan fingerprint density at radius 1 is 1.38 bits per heavy atom. The Balaban J connectivity index is 1.97. The Kier molecular flexibility index (Phi) is 6.04. The Labute approximate surface area is 129 Å². The van der Waals surface area contributed by atoms with Crippen molar-refractivity contribution >= 4 is 21.8 Å². The molecule has 1 aliphatic carbocycles. The first kappa shape index (κ1) is 16.7. The first-order valence-electron chi connectivity index (χ1n) is 7.03. The van der Waals surface area contributed by atoms with Crippen molar-refractivity contribution in [1.82, 2.24) is 10.0 Å². The molecule has 0 amide bonds. The summed E-state index contributed by atoms with van der Waals surface area (Å²) < 4.78 is 40.5. The van der Waals surface area contributed by atoms with E-state index in [-0.39, 0.29) is 4.90 Å². The normalized spacial score (nSPS) is 15.3. The van der Waals surface area contributed by atoms with Gasteiger partial charge in [-0.25, -0.2) is 17.5 Å². The molecule has 0 radical (unpaired) electrons. The lowest BCUT2D eigenvalue weighted by atomic mass is 10.2. The van der Waals surface area contributed by atoms with E-state index in [1.54, 1.807) is 17.8 Å². The molecule has 2 N–H and O–H groups in total. The van der Waals surface area contributed by atoms with Gasteiger partial charge in [-0.1, -0.05) is 6.07 Å². The lowest BCUT2D eigenvalue weighted by molar-refractivity contribution is 0.554. The van der Waals surface area contributed by atoms with Crippen molar-refractivity contribution in [3.05, 3.63) is 29.6 Å². The van der Waals surface area contributed by atoms with Crippen molar-refractivity contribution < 1.29 is 12.8 Å². The van der Waals surface area contributed by atoms with Crippen LogP contribution in [0.25, 0.3) is 0 Å². The first-order valence-corrected chi connectivity index (χ1v) is 9.91. The van der Waals surface area contributed by atoms with Gasteiger partial charge in [0.2, 0.25) is 10.0 Å². The van der Waals surface area contributed by atoms with Crippen LogP contribution in [-0.4, -0.2) is 33.0 Å². The molecule has 1 aromatic carbocycles. The maximum absolute atomic E-state index is 14.0. The van der Waals surface area contributed by atoms with Crippen LogP contribution >= 0.6 is 11.8 Å². The quantitative estimate of drug-likeness (QED) is 0.680. The third-order valence-electron chi connectivity index (χ3n) is 3.28. The van der Waals surface area contributed by atoms with Crippen molar-refractivity contribution in [3.63, 3.8) is 0 Å². The van der Waals surface area contributed by atoms with Gasteiger partial charge in [0.15, 0.2) is 0 Å². The molecule has 1 aliphatic rings. The minimum Gasteiger partial charge on any atom is -0.310 e. The van der Waals surface area contributed by atoms with E-state index in [1.165, 1.54) is 12.1 Å². The molecule has 0 saturated heterocycles. The van der Waals surface area contributed by atoms with Crippen LogP contribution < -0.4 is 10.0 Å². The van der Waals surface area contributed by atoms with Crippen LogP contribution in [0.15, 0.2) is 23.1 Å². The van der Waals surface area contributed by atoms with E-state index < -0.39 is 15.8 Å². The van der Waals surface area contributed by atoms with Gasteiger partial charge in [0.1, 0.15) is 10.7 Å². The second-order valence-electron chi connectivity index (χ2n) is 5.16. The van der Waals surface area contributed by atoms with Crippen LogP contribution in [0.4, 0.5) is 4.39 Å². The van der Waals surface area contributed by atoms with Gasteiger partial charge in [-0.2, -0.15) is 11.8 Å². The van der Waals surface area contributed by atoms with E-state index in [9.17, 15) is 12.8 Å². The number of nitrogens with one attached hydrogen (secondary N) is 2. The number of sulfonamides is 1. The van der Waals surface area contributed by atoms with Crippen molar-refractivity contribution in [2.45, 2.75) is 36.7 Å². The van der Waals surface area contributed by atoms with Crippen LogP contribution in [0.3, 0.4) is 0 Å². The van der Waals surface area contributed by atoms with E-state index in [1.807, 2.05) is 6.26 Å². The highest BCUT2D eigenvalue weighted by Crippen LogP contribution is 2.20. The molecule has 0 bridgehead atoms. The summed E-state index contributed by atoms with van der Waals surface area (Å²) in [6, 6.07) is 4.84. The van der Waals surface area contributed by atoms with Crippen molar-refractivity contribution in [3.8, 4) is 0 Å². The second kappa shape index (κ2) is 7.58. The maximum Gasteiger partial charge on any atom is 0.243 e. The lowest BCUT2D eigenvalue weighted by Gasteiger charge is -2.09. The molecule has 1 fully saturated rings. The van der Waals surface area contributed by atoms with E-state index in [2.05, 4.69) is 10.0 Å². The van der Waals surface area contributed by atoms with Gasteiger partial charge in [0, 0.05) is 19.1 Å². The van der Waals surface area contributed by atoms with E-state index >= 15 is 0 Å². The average molecular weight is 332 g/mol. The average Bonchev–Trinajstić information content (AvgIpc) is 3.25. The van der Waals surface area contributed by atoms with Crippen molar-refractivity contribution in [2.75, 3.05) is 18.6 Å². The van der Waals surface area contributed by atoms with Crippen LogP contribution in [-0.2, 0) is 16.6 Å². The molecule has 0 aromatic heterocycles. The molecule has 4 nitrogen and oxygen atoms in total. The molecule has 1 aromatic rings. The minimum atomic E-state index is -3.76.